The molecule has 23 heavy (non-hydrogen) atoms. The fourth-order valence-electron chi connectivity index (χ4n) is 4.14. The summed E-state index contributed by atoms with van der Waals surface area (Å²) in [6, 6.07) is 8.04. The molecule has 1 saturated heterocycles. The minimum Gasteiger partial charge on any atom is -0.396 e. The molecule has 0 bridgehead atoms. The third-order valence-corrected chi connectivity index (χ3v) is 5.93. The summed E-state index contributed by atoms with van der Waals surface area (Å²) < 4.78 is 0. The first-order chi connectivity index (χ1) is 11.1. The van der Waals surface area contributed by atoms with Crippen molar-refractivity contribution < 1.29 is 9.90 Å². The molecule has 1 heterocycles. The predicted molar refractivity (Wildman–Crippen MR) is 92.5 cm³/mol. The van der Waals surface area contributed by atoms with Gasteiger partial charge in [0.25, 0.3) is 0 Å². The van der Waals surface area contributed by atoms with Crippen LogP contribution in [0.5, 0.6) is 0 Å². The number of nitrogens with zero attached hydrogens (tertiary/aromatic N) is 1. The van der Waals surface area contributed by atoms with Gasteiger partial charge in [-0.3, -0.25) is 4.79 Å². The van der Waals surface area contributed by atoms with E-state index in [2.05, 4.69) is 24.0 Å². The highest BCUT2D eigenvalue weighted by Gasteiger charge is 2.37. The van der Waals surface area contributed by atoms with E-state index >= 15 is 0 Å². The zero-order chi connectivity index (χ0) is 16.4. The fraction of sp³-hybridized carbons (Fsp3) is 0.632. The van der Waals surface area contributed by atoms with Crippen LogP contribution in [0.2, 0.25) is 5.02 Å². The highest BCUT2D eigenvalue weighted by molar-refractivity contribution is 6.30. The number of carbonyl (C=O) groups is 1. The monoisotopic (exact) mass is 335 g/mol. The Bertz CT molecular complexity index is 537. The Morgan fingerprint density at radius 1 is 1.17 bits per heavy atom. The molecule has 1 aromatic rings. The molecule has 0 aromatic heterocycles. The maximum atomic E-state index is 12.8. The van der Waals surface area contributed by atoms with Crippen LogP contribution in [0.4, 0.5) is 0 Å². The number of hydrogen-bond donors (Lipinski definition) is 1. The molecule has 4 heteroatoms. The Hall–Kier alpha value is -1.06. The van der Waals surface area contributed by atoms with E-state index in [1.165, 1.54) is 5.56 Å². The van der Waals surface area contributed by atoms with Gasteiger partial charge in [0, 0.05) is 36.6 Å². The van der Waals surface area contributed by atoms with Gasteiger partial charge >= 0.3 is 0 Å². The largest absolute Gasteiger partial charge is 0.396 e. The number of benzene rings is 1. The molecule has 1 amide bonds. The van der Waals surface area contributed by atoms with Crippen molar-refractivity contribution in [3.05, 3.63) is 34.9 Å². The van der Waals surface area contributed by atoms with Crippen LogP contribution < -0.4 is 0 Å². The summed E-state index contributed by atoms with van der Waals surface area (Å²) >= 11 is 5.98. The SMILES string of the molecule is C[C@@H]1CN(C(=O)C2CCC(CO)CC2)C[C@H]1c1ccc(Cl)cc1. The van der Waals surface area contributed by atoms with Crippen molar-refractivity contribution in [2.75, 3.05) is 19.7 Å². The third kappa shape index (κ3) is 3.72. The topological polar surface area (TPSA) is 40.5 Å². The first-order valence-electron chi connectivity index (χ1n) is 8.73. The van der Waals surface area contributed by atoms with E-state index in [1.807, 2.05) is 12.1 Å². The molecule has 1 N–H and O–H groups in total. The van der Waals surface area contributed by atoms with Gasteiger partial charge in [-0.15, -0.1) is 0 Å². The van der Waals surface area contributed by atoms with Crippen LogP contribution >= 0.6 is 11.6 Å². The molecule has 2 fully saturated rings. The Morgan fingerprint density at radius 2 is 1.83 bits per heavy atom. The normalized spacial score (nSPS) is 31.3. The lowest BCUT2D eigenvalue weighted by atomic mass is 9.82. The molecule has 3 rings (SSSR count). The van der Waals surface area contributed by atoms with E-state index in [-0.39, 0.29) is 12.5 Å². The van der Waals surface area contributed by atoms with E-state index in [1.54, 1.807) is 0 Å². The van der Waals surface area contributed by atoms with Crippen LogP contribution in [0.25, 0.3) is 0 Å². The van der Waals surface area contributed by atoms with Crippen molar-refractivity contribution in [3.8, 4) is 0 Å². The Morgan fingerprint density at radius 3 is 2.43 bits per heavy atom. The fourth-order valence-corrected chi connectivity index (χ4v) is 4.27. The molecule has 0 unspecified atom stereocenters. The number of aliphatic hydroxyl groups is 1. The standard InChI is InChI=1S/C19H26ClNO2/c1-13-10-21(11-18(13)15-6-8-17(20)9-7-15)19(23)16-4-2-14(12-22)3-5-16/h6-9,13-14,16,18,22H,2-5,10-12H2,1H3/t13-,14?,16?,18-/m1/s1. The lowest BCUT2D eigenvalue weighted by Crippen LogP contribution is -2.36. The van der Waals surface area contributed by atoms with Gasteiger partial charge in [0.1, 0.15) is 0 Å². The second-order valence-corrected chi connectivity index (χ2v) is 7.72. The highest BCUT2D eigenvalue weighted by atomic mass is 35.5. The Labute approximate surface area is 143 Å². The summed E-state index contributed by atoms with van der Waals surface area (Å²) in [5, 5.41) is 10.00. The van der Waals surface area contributed by atoms with Crippen LogP contribution in [0.3, 0.4) is 0 Å². The van der Waals surface area contributed by atoms with E-state index < -0.39 is 0 Å². The van der Waals surface area contributed by atoms with Crippen LogP contribution in [0.15, 0.2) is 24.3 Å². The summed E-state index contributed by atoms with van der Waals surface area (Å²) in [6.07, 6.45) is 3.83. The van der Waals surface area contributed by atoms with Crippen LogP contribution in [-0.4, -0.2) is 35.6 Å². The molecular weight excluding hydrogens is 310 g/mol. The van der Waals surface area contributed by atoms with Crippen LogP contribution in [0.1, 0.15) is 44.1 Å². The average Bonchev–Trinajstić information content (AvgIpc) is 2.97. The van der Waals surface area contributed by atoms with Crippen molar-refractivity contribution >= 4 is 17.5 Å². The van der Waals surface area contributed by atoms with Gasteiger partial charge in [-0.2, -0.15) is 0 Å². The molecule has 0 radical (unpaired) electrons. The number of aliphatic hydroxyl groups excluding tert-OH is 1. The van der Waals surface area contributed by atoms with Gasteiger partial charge in [-0.05, 0) is 55.2 Å². The molecule has 2 atom stereocenters. The number of carbonyl (C=O) groups excluding carboxylic acids is 1. The zero-order valence-corrected chi connectivity index (χ0v) is 14.5. The quantitative estimate of drug-likeness (QED) is 0.915. The number of rotatable bonds is 3. The van der Waals surface area contributed by atoms with Crippen molar-refractivity contribution in [1.82, 2.24) is 4.90 Å². The molecule has 1 aliphatic heterocycles. The molecule has 1 aromatic carbocycles. The first kappa shape index (κ1) is 16.8. The number of halogens is 1. The Kier molecular flexibility index (Phi) is 5.27. The molecule has 126 valence electrons. The number of amides is 1. The van der Waals surface area contributed by atoms with E-state index in [0.29, 0.717) is 23.7 Å². The van der Waals surface area contributed by atoms with E-state index in [0.717, 1.165) is 43.8 Å². The smallest absolute Gasteiger partial charge is 0.225 e. The number of hydrogen-bond acceptors (Lipinski definition) is 2. The van der Waals surface area contributed by atoms with Gasteiger partial charge in [0.2, 0.25) is 5.91 Å². The minimum absolute atomic E-state index is 0.161. The van der Waals surface area contributed by atoms with Crippen molar-refractivity contribution in [2.24, 2.45) is 17.8 Å². The highest BCUT2D eigenvalue weighted by Crippen LogP contribution is 2.36. The van der Waals surface area contributed by atoms with E-state index in [4.69, 9.17) is 11.6 Å². The summed E-state index contributed by atoms with van der Waals surface area (Å²) in [5.41, 5.74) is 1.28. The maximum absolute atomic E-state index is 12.8. The second-order valence-electron chi connectivity index (χ2n) is 7.28. The predicted octanol–water partition coefficient (Wildman–Crippen LogP) is 3.70. The summed E-state index contributed by atoms with van der Waals surface area (Å²) in [4.78, 5) is 14.9. The van der Waals surface area contributed by atoms with Crippen molar-refractivity contribution in [1.29, 1.82) is 0 Å². The van der Waals surface area contributed by atoms with Crippen molar-refractivity contribution in [3.63, 3.8) is 0 Å². The lowest BCUT2D eigenvalue weighted by Gasteiger charge is -2.29. The molecule has 1 saturated carbocycles. The van der Waals surface area contributed by atoms with Crippen LogP contribution in [0, 0.1) is 17.8 Å². The zero-order valence-electron chi connectivity index (χ0n) is 13.7. The van der Waals surface area contributed by atoms with Crippen LogP contribution in [-0.2, 0) is 4.79 Å². The lowest BCUT2D eigenvalue weighted by molar-refractivity contribution is -0.136. The van der Waals surface area contributed by atoms with E-state index in [9.17, 15) is 9.90 Å². The van der Waals surface area contributed by atoms with Gasteiger partial charge in [-0.1, -0.05) is 30.7 Å². The number of likely N-dealkylation sites (tertiary alicyclic amines) is 1. The summed E-state index contributed by atoms with van der Waals surface area (Å²) in [5.74, 6) is 1.77. The minimum atomic E-state index is 0.161. The maximum Gasteiger partial charge on any atom is 0.225 e. The van der Waals surface area contributed by atoms with Gasteiger partial charge in [0.05, 0.1) is 0 Å². The molecule has 0 spiro atoms. The molecule has 3 nitrogen and oxygen atoms in total. The first-order valence-corrected chi connectivity index (χ1v) is 9.11. The van der Waals surface area contributed by atoms with Gasteiger partial charge in [0.15, 0.2) is 0 Å². The average molecular weight is 336 g/mol. The molecular formula is C19H26ClNO2. The third-order valence-electron chi connectivity index (χ3n) is 5.68. The Balaban J connectivity index is 1.62. The molecule has 1 aliphatic carbocycles. The van der Waals surface area contributed by atoms with Crippen molar-refractivity contribution in [2.45, 2.75) is 38.5 Å². The summed E-state index contributed by atoms with van der Waals surface area (Å²) in [7, 11) is 0. The summed E-state index contributed by atoms with van der Waals surface area (Å²) in [6.45, 7) is 4.17. The van der Waals surface area contributed by atoms with Gasteiger partial charge in [-0.25, -0.2) is 0 Å². The molecule has 2 aliphatic rings. The van der Waals surface area contributed by atoms with Gasteiger partial charge < -0.3 is 10.0 Å². The second kappa shape index (κ2) is 7.23.